The van der Waals surface area contributed by atoms with Crippen LogP contribution in [0.4, 0.5) is 18.9 Å². The van der Waals surface area contributed by atoms with Crippen LogP contribution in [0.1, 0.15) is 10.6 Å². The van der Waals surface area contributed by atoms with Crippen LogP contribution in [-0.2, 0) is 0 Å². The van der Waals surface area contributed by atoms with Crippen molar-refractivity contribution in [3.05, 3.63) is 70.7 Å². The van der Waals surface area contributed by atoms with E-state index in [1.165, 1.54) is 35.7 Å². The summed E-state index contributed by atoms with van der Waals surface area (Å²) in [6, 6.07) is 16.0. The van der Waals surface area contributed by atoms with Crippen molar-refractivity contribution in [2.75, 3.05) is 5.32 Å². The zero-order valence-electron chi connectivity index (χ0n) is 14.6. The highest BCUT2D eigenvalue weighted by Gasteiger charge is 2.30. The number of alkyl halides is 3. The maximum absolute atomic E-state index is 12.7. The summed E-state index contributed by atoms with van der Waals surface area (Å²) in [6.45, 7) is 1.99. The number of nitrogens with one attached hydrogen (secondary N) is 1. The molecule has 3 nitrogen and oxygen atoms in total. The number of benzene rings is 2. The van der Waals surface area contributed by atoms with Gasteiger partial charge in [0, 0.05) is 22.0 Å². The Morgan fingerprint density at radius 1 is 1.18 bits per heavy atom. The van der Waals surface area contributed by atoms with Crippen molar-refractivity contribution >= 4 is 34.4 Å². The van der Waals surface area contributed by atoms with Crippen LogP contribution in [0.5, 0.6) is 0 Å². The van der Waals surface area contributed by atoms with E-state index >= 15 is 0 Å². The number of rotatable bonds is 5. The summed E-state index contributed by atoms with van der Waals surface area (Å²) in [5.74, 6) is 0. The second kappa shape index (κ2) is 8.50. The molecule has 1 heterocycles. The molecule has 1 aromatic heterocycles. The number of nitriles is 1. The molecule has 0 radical (unpaired) electrons. The number of aryl methyl sites for hydroxylation is 1. The standard InChI is InChI=1S/C20H14F3N3S2/c1-13-6-8-14(9-7-13)17-12-27-19(26-17)15(10-24)11-25-16-4-2-3-5-18(16)28-20(21,22)23/h2-9,11-12,25H,1H3/b15-11+. The monoisotopic (exact) mass is 417 g/mol. The zero-order valence-corrected chi connectivity index (χ0v) is 16.3. The number of para-hydroxylation sites is 1. The van der Waals surface area contributed by atoms with Gasteiger partial charge in [0.2, 0.25) is 0 Å². The average Bonchev–Trinajstić information content (AvgIpc) is 3.13. The third-order valence-electron chi connectivity index (χ3n) is 3.69. The van der Waals surface area contributed by atoms with E-state index in [2.05, 4.69) is 10.3 Å². The van der Waals surface area contributed by atoms with E-state index in [9.17, 15) is 18.4 Å². The number of thioether (sulfide) groups is 1. The third kappa shape index (κ3) is 5.15. The molecule has 0 bridgehead atoms. The molecule has 1 N–H and O–H groups in total. The van der Waals surface area contributed by atoms with E-state index in [0.717, 1.165) is 16.8 Å². The summed E-state index contributed by atoms with van der Waals surface area (Å²) in [6.07, 6.45) is 1.38. The Bertz CT molecular complexity index is 1030. The minimum atomic E-state index is -4.39. The molecule has 3 rings (SSSR count). The summed E-state index contributed by atoms with van der Waals surface area (Å²) in [4.78, 5) is 4.51. The van der Waals surface area contributed by atoms with Crippen molar-refractivity contribution in [3.8, 4) is 17.3 Å². The number of aromatic nitrogens is 1. The highest BCUT2D eigenvalue weighted by atomic mass is 32.2. The lowest BCUT2D eigenvalue weighted by Crippen LogP contribution is -2.01. The average molecular weight is 417 g/mol. The molecule has 0 aliphatic heterocycles. The third-order valence-corrected chi connectivity index (χ3v) is 5.37. The van der Waals surface area contributed by atoms with Gasteiger partial charge >= 0.3 is 5.51 Å². The Kier molecular flexibility index (Phi) is 6.07. The Morgan fingerprint density at radius 3 is 2.57 bits per heavy atom. The van der Waals surface area contributed by atoms with Crippen LogP contribution in [-0.4, -0.2) is 10.5 Å². The summed E-state index contributed by atoms with van der Waals surface area (Å²) in [5, 5.41) is 14.6. The van der Waals surface area contributed by atoms with Crippen LogP contribution in [0.25, 0.3) is 16.8 Å². The highest BCUT2D eigenvalue weighted by Crippen LogP contribution is 2.40. The van der Waals surface area contributed by atoms with Crippen LogP contribution in [0.2, 0.25) is 0 Å². The van der Waals surface area contributed by atoms with E-state index in [1.54, 1.807) is 6.07 Å². The first-order valence-electron chi connectivity index (χ1n) is 8.10. The van der Waals surface area contributed by atoms with Gasteiger partial charge in [-0.1, -0.05) is 42.0 Å². The molecular weight excluding hydrogens is 403 g/mol. The summed E-state index contributed by atoms with van der Waals surface area (Å²) in [5.41, 5.74) is -1.06. The first kappa shape index (κ1) is 20.0. The maximum atomic E-state index is 12.7. The Labute approximate surface area is 168 Å². The normalized spacial score (nSPS) is 11.9. The first-order chi connectivity index (χ1) is 13.4. The second-order valence-corrected chi connectivity index (χ2v) is 7.73. The number of nitrogens with zero attached hydrogens (tertiary/aromatic N) is 2. The maximum Gasteiger partial charge on any atom is 0.446 e. The molecule has 0 unspecified atom stereocenters. The summed E-state index contributed by atoms with van der Waals surface area (Å²) < 4.78 is 38.1. The van der Waals surface area contributed by atoms with Gasteiger partial charge in [0.15, 0.2) is 0 Å². The number of hydrogen-bond acceptors (Lipinski definition) is 5. The minimum Gasteiger partial charge on any atom is -0.359 e. The fourth-order valence-corrected chi connectivity index (χ4v) is 3.77. The van der Waals surface area contributed by atoms with Gasteiger partial charge in [-0.15, -0.1) is 11.3 Å². The first-order valence-corrected chi connectivity index (χ1v) is 9.80. The molecule has 0 saturated carbocycles. The quantitative estimate of drug-likeness (QED) is 0.370. The SMILES string of the molecule is Cc1ccc(-c2csc(/C(C#N)=C/Nc3ccccc3SC(F)(F)F)n2)cc1. The number of halogens is 3. The Morgan fingerprint density at radius 2 is 1.89 bits per heavy atom. The number of hydrogen-bond donors (Lipinski definition) is 1. The second-order valence-electron chi connectivity index (χ2n) is 5.76. The molecule has 0 spiro atoms. The lowest BCUT2D eigenvalue weighted by molar-refractivity contribution is -0.0327. The lowest BCUT2D eigenvalue weighted by Gasteiger charge is -2.10. The van der Waals surface area contributed by atoms with Crippen LogP contribution < -0.4 is 5.32 Å². The fourth-order valence-electron chi connectivity index (χ4n) is 2.35. The summed E-state index contributed by atoms with van der Waals surface area (Å²) >= 11 is 1.10. The number of thiazole rings is 1. The predicted molar refractivity (Wildman–Crippen MR) is 108 cm³/mol. The van der Waals surface area contributed by atoms with Crippen molar-refractivity contribution in [1.82, 2.24) is 4.98 Å². The van der Waals surface area contributed by atoms with Crippen molar-refractivity contribution in [3.63, 3.8) is 0 Å². The topological polar surface area (TPSA) is 48.7 Å². The fraction of sp³-hybridized carbons (Fsp3) is 0.100. The van der Waals surface area contributed by atoms with Gasteiger partial charge in [-0.2, -0.15) is 18.4 Å². The van der Waals surface area contributed by atoms with Gasteiger partial charge in [0.1, 0.15) is 16.6 Å². The van der Waals surface area contributed by atoms with Gasteiger partial charge in [0.05, 0.1) is 11.4 Å². The largest absolute Gasteiger partial charge is 0.446 e. The van der Waals surface area contributed by atoms with E-state index in [4.69, 9.17) is 0 Å². The van der Waals surface area contributed by atoms with Crippen molar-refractivity contribution in [2.45, 2.75) is 17.3 Å². The molecule has 28 heavy (non-hydrogen) atoms. The van der Waals surface area contributed by atoms with Crippen molar-refractivity contribution in [1.29, 1.82) is 5.26 Å². The van der Waals surface area contributed by atoms with Crippen LogP contribution in [0, 0.1) is 18.3 Å². The minimum absolute atomic E-state index is 0.0306. The highest BCUT2D eigenvalue weighted by molar-refractivity contribution is 8.00. The molecule has 0 aliphatic carbocycles. The molecule has 0 fully saturated rings. The molecule has 0 aliphatic rings. The molecule has 3 aromatic rings. The summed E-state index contributed by atoms with van der Waals surface area (Å²) in [7, 11) is 0. The molecular formula is C20H14F3N3S2. The van der Waals surface area contributed by atoms with Gasteiger partial charge in [-0.05, 0) is 30.8 Å². The molecule has 0 atom stereocenters. The van der Waals surface area contributed by atoms with E-state index < -0.39 is 5.51 Å². The van der Waals surface area contributed by atoms with Crippen molar-refractivity contribution < 1.29 is 13.2 Å². The van der Waals surface area contributed by atoms with Gasteiger partial charge in [-0.3, -0.25) is 0 Å². The van der Waals surface area contributed by atoms with Crippen LogP contribution in [0.3, 0.4) is 0 Å². The Hall–Kier alpha value is -2.76. The van der Waals surface area contributed by atoms with Crippen LogP contribution in [0.15, 0.2) is 65.0 Å². The van der Waals surface area contributed by atoms with Crippen LogP contribution >= 0.6 is 23.1 Å². The molecule has 2 aromatic carbocycles. The number of anilines is 1. The lowest BCUT2D eigenvalue weighted by atomic mass is 10.1. The van der Waals surface area contributed by atoms with Gasteiger partial charge in [-0.25, -0.2) is 4.98 Å². The number of allylic oxidation sites excluding steroid dienone is 1. The molecule has 0 saturated heterocycles. The van der Waals surface area contributed by atoms with Gasteiger partial charge in [0.25, 0.3) is 0 Å². The predicted octanol–water partition coefficient (Wildman–Crippen LogP) is 6.71. The smallest absolute Gasteiger partial charge is 0.359 e. The van der Waals surface area contributed by atoms with Gasteiger partial charge < -0.3 is 5.32 Å². The molecule has 0 amide bonds. The molecule has 142 valence electrons. The van der Waals surface area contributed by atoms with E-state index in [0.29, 0.717) is 5.01 Å². The zero-order chi connectivity index (χ0) is 20.1. The molecule has 8 heteroatoms. The van der Waals surface area contributed by atoms with Crippen molar-refractivity contribution in [2.24, 2.45) is 0 Å². The Balaban J connectivity index is 1.83. The van der Waals surface area contributed by atoms with E-state index in [-0.39, 0.29) is 27.9 Å². The van der Waals surface area contributed by atoms with E-state index in [1.807, 2.05) is 42.6 Å².